The van der Waals surface area contributed by atoms with Crippen LogP contribution in [0.2, 0.25) is 5.02 Å². The Hall–Kier alpha value is -2.79. The number of anilines is 1. The van der Waals surface area contributed by atoms with Crippen molar-refractivity contribution < 1.29 is 14.3 Å². The van der Waals surface area contributed by atoms with Gasteiger partial charge in [0, 0.05) is 16.3 Å². The number of ether oxygens (including phenoxy) is 1. The number of hydrogen-bond acceptors (Lipinski definition) is 4. The van der Waals surface area contributed by atoms with Gasteiger partial charge >= 0.3 is 0 Å². The number of halogens is 1. The average Bonchev–Trinajstić information content (AvgIpc) is 2.67. The lowest BCUT2D eigenvalue weighted by Crippen LogP contribution is -2.27. The zero-order valence-corrected chi connectivity index (χ0v) is 17.3. The van der Waals surface area contributed by atoms with Gasteiger partial charge in [-0.15, -0.1) is 0 Å². The van der Waals surface area contributed by atoms with Crippen LogP contribution in [0.5, 0.6) is 5.75 Å². The molecule has 6 heteroatoms. The minimum atomic E-state index is 0.0789. The molecule has 0 unspecified atom stereocenters. The topological polar surface area (TPSA) is 58.6 Å². The maximum absolute atomic E-state index is 11.8. The van der Waals surface area contributed by atoms with Crippen molar-refractivity contribution in [1.29, 1.82) is 0 Å². The van der Waals surface area contributed by atoms with Crippen molar-refractivity contribution in [2.45, 2.75) is 40.3 Å². The summed E-state index contributed by atoms with van der Waals surface area (Å²) in [5.74, 6) is 1.23. The van der Waals surface area contributed by atoms with E-state index in [1.807, 2.05) is 51.1 Å². The van der Waals surface area contributed by atoms with Gasteiger partial charge in [-0.25, -0.2) is 0 Å². The fourth-order valence-corrected chi connectivity index (χ4v) is 2.78. The Balaban J connectivity index is 2.28. The summed E-state index contributed by atoms with van der Waals surface area (Å²) in [6.07, 6.45) is 1.51. The van der Waals surface area contributed by atoms with E-state index < -0.39 is 0 Å². The fourth-order valence-electron chi connectivity index (χ4n) is 2.66. The molecule has 2 aromatic carbocycles. The summed E-state index contributed by atoms with van der Waals surface area (Å²) >= 11 is 5.92. The largest absolute Gasteiger partial charge is 0.491 e. The molecular formula is C22H25ClN2O3. The third-order valence-corrected chi connectivity index (χ3v) is 4.28. The van der Waals surface area contributed by atoms with Gasteiger partial charge in [0.15, 0.2) is 0 Å². The van der Waals surface area contributed by atoms with Crippen LogP contribution < -0.4 is 10.1 Å². The summed E-state index contributed by atoms with van der Waals surface area (Å²) in [6.45, 7) is 7.86. The van der Waals surface area contributed by atoms with Gasteiger partial charge in [-0.2, -0.15) is 0 Å². The number of carbonyl (C=O) groups excluding carboxylic acids is 2. The first kappa shape index (κ1) is 21.5. The molecule has 0 saturated carbocycles. The summed E-state index contributed by atoms with van der Waals surface area (Å²) in [7, 11) is 0. The van der Waals surface area contributed by atoms with E-state index in [1.165, 1.54) is 4.90 Å². The molecule has 0 spiro atoms. The first-order chi connectivity index (χ1) is 13.3. The summed E-state index contributed by atoms with van der Waals surface area (Å²) in [4.78, 5) is 24.6. The molecular weight excluding hydrogens is 376 g/mol. The highest BCUT2D eigenvalue weighted by molar-refractivity contribution is 6.30. The lowest BCUT2D eigenvalue weighted by atomic mass is 10.2. The number of aldehydes is 1. The van der Waals surface area contributed by atoms with Gasteiger partial charge in [-0.3, -0.25) is 14.5 Å². The van der Waals surface area contributed by atoms with Gasteiger partial charge in [0.2, 0.25) is 6.41 Å². The minimum Gasteiger partial charge on any atom is -0.491 e. The van der Waals surface area contributed by atoms with E-state index in [9.17, 15) is 9.59 Å². The van der Waals surface area contributed by atoms with E-state index in [0.717, 1.165) is 28.8 Å². The fraction of sp³-hybridized carbons (Fsp3) is 0.273. The first-order valence-electron chi connectivity index (χ1n) is 9.00. The molecule has 0 aromatic heterocycles. The van der Waals surface area contributed by atoms with Gasteiger partial charge in [-0.1, -0.05) is 23.7 Å². The zero-order valence-electron chi connectivity index (χ0n) is 16.5. The van der Waals surface area contributed by atoms with Crippen molar-refractivity contribution in [1.82, 2.24) is 4.90 Å². The summed E-state index contributed by atoms with van der Waals surface area (Å²) < 4.78 is 5.76. The number of benzene rings is 2. The second kappa shape index (κ2) is 9.95. The molecule has 0 fully saturated rings. The Morgan fingerprint density at radius 1 is 1.18 bits per heavy atom. The Morgan fingerprint density at radius 3 is 2.39 bits per heavy atom. The standard InChI is InChI=1S/C22H25ClN2O3/c1-15(2)28-21-10-9-20(11-16(21)3)24-22(17(4)13-26)25(14-27)12-18-5-7-19(23)8-6-18/h5-11,13-15,24H,12H2,1-4H3/b22-17+. The number of hydrogen-bond donors (Lipinski definition) is 1. The van der Waals surface area contributed by atoms with Gasteiger partial charge < -0.3 is 10.1 Å². The number of nitrogens with zero attached hydrogens (tertiary/aromatic N) is 1. The number of rotatable bonds is 9. The molecule has 0 saturated heterocycles. The lowest BCUT2D eigenvalue weighted by Gasteiger charge is -2.24. The zero-order chi connectivity index (χ0) is 20.7. The number of nitrogens with one attached hydrogen (secondary N) is 1. The van der Waals surface area contributed by atoms with Crippen molar-refractivity contribution >= 4 is 30.0 Å². The quantitative estimate of drug-likeness (QED) is 0.478. The summed E-state index contributed by atoms with van der Waals surface area (Å²) in [5, 5.41) is 3.82. The summed E-state index contributed by atoms with van der Waals surface area (Å²) in [6, 6.07) is 12.9. The number of amides is 1. The molecule has 0 aliphatic carbocycles. The van der Waals surface area contributed by atoms with Gasteiger partial charge in [0.25, 0.3) is 0 Å². The van der Waals surface area contributed by atoms with Gasteiger partial charge in [0.05, 0.1) is 12.6 Å². The average molecular weight is 401 g/mol. The molecule has 0 aliphatic rings. The van der Waals surface area contributed by atoms with Crippen LogP contribution >= 0.6 is 11.6 Å². The highest BCUT2D eigenvalue weighted by atomic mass is 35.5. The molecule has 2 rings (SSSR count). The second-order valence-corrected chi connectivity index (χ2v) is 7.22. The highest BCUT2D eigenvalue weighted by Crippen LogP contribution is 2.25. The van der Waals surface area contributed by atoms with Gasteiger partial charge in [0.1, 0.15) is 17.9 Å². The Labute approximate surface area is 170 Å². The van der Waals surface area contributed by atoms with Crippen molar-refractivity contribution in [2.24, 2.45) is 0 Å². The van der Waals surface area contributed by atoms with E-state index in [4.69, 9.17) is 16.3 Å². The predicted octanol–water partition coefficient (Wildman–Crippen LogP) is 4.94. The lowest BCUT2D eigenvalue weighted by molar-refractivity contribution is -0.116. The van der Waals surface area contributed by atoms with Crippen molar-refractivity contribution in [3.63, 3.8) is 0 Å². The highest BCUT2D eigenvalue weighted by Gasteiger charge is 2.14. The maximum Gasteiger partial charge on any atom is 0.215 e. The third kappa shape index (κ3) is 5.86. The SMILES string of the molecule is C/C(C=O)=C(/Nc1ccc(OC(C)C)c(C)c1)N(C=O)Cc1ccc(Cl)cc1. The molecule has 148 valence electrons. The van der Waals surface area contributed by atoms with Crippen molar-refractivity contribution in [2.75, 3.05) is 5.32 Å². The Morgan fingerprint density at radius 2 is 1.86 bits per heavy atom. The van der Waals surface area contributed by atoms with E-state index in [-0.39, 0.29) is 6.10 Å². The first-order valence-corrected chi connectivity index (χ1v) is 9.38. The summed E-state index contributed by atoms with van der Waals surface area (Å²) in [5.41, 5.74) is 3.03. The van der Waals surface area contributed by atoms with Gasteiger partial charge in [-0.05, 0) is 69.2 Å². The van der Waals surface area contributed by atoms with Crippen LogP contribution in [0.4, 0.5) is 5.69 Å². The van der Waals surface area contributed by atoms with E-state index in [1.54, 1.807) is 19.1 Å². The number of aryl methyl sites for hydroxylation is 1. The molecule has 0 radical (unpaired) electrons. The maximum atomic E-state index is 11.8. The molecule has 0 heterocycles. The smallest absolute Gasteiger partial charge is 0.215 e. The van der Waals surface area contributed by atoms with E-state index in [2.05, 4.69) is 5.32 Å². The van der Waals surface area contributed by atoms with Crippen molar-refractivity contribution in [3.05, 3.63) is 70.0 Å². The normalized spacial score (nSPS) is 11.6. The Bertz CT molecular complexity index is 861. The molecule has 28 heavy (non-hydrogen) atoms. The molecule has 0 aliphatic heterocycles. The number of allylic oxidation sites excluding steroid dienone is 1. The van der Waals surface area contributed by atoms with Crippen LogP contribution in [0, 0.1) is 6.92 Å². The second-order valence-electron chi connectivity index (χ2n) is 6.78. The van der Waals surface area contributed by atoms with Crippen LogP contribution in [0.15, 0.2) is 53.9 Å². The van der Waals surface area contributed by atoms with Crippen LogP contribution in [-0.4, -0.2) is 23.7 Å². The third-order valence-electron chi connectivity index (χ3n) is 4.03. The molecule has 0 bridgehead atoms. The van der Waals surface area contributed by atoms with Crippen molar-refractivity contribution in [3.8, 4) is 5.75 Å². The molecule has 0 atom stereocenters. The predicted molar refractivity (Wildman–Crippen MR) is 112 cm³/mol. The minimum absolute atomic E-state index is 0.0789. The monoisotopic (exact) mass is 400 g/mol. The van der Waals surface area contributed by atoms with E-state index in [0.29, 0.717) is 29.4 Å². The molecule has 2 aromatic rings. The van der Waals surface area contributed by atoms with Crippen LogP contribution in [-0.2, 0) is 16.1 Å². The number of carbonyl (C=O) groups is 2. The Kier molecular flexibility index (Phi) is 7.64. The van der Waals surface area contributed by atoms with E-state index >= 15 is 0 Å². The van der Waals surface area contributed by atoms with Crippen LogP contribution in [0.25, 0.3) is 0 Å². The molecule has 1 amide bonds. The molecule has 5 nitrogen and oxygen atoms in total. The molecule has 1 N–H and O–H groups in total. The van der Waals surface area contributed by atoms with Crippen LogP contribution in [0.1, 0.15) is 31.9 Å². The van der Waals surface area contributed by atoms with Crippen LogP contribution in [0.3, 0.4) is 0 Å².